The molecule has 4 heteroatoms. The van der Waals surface area contributed by atoms with Gasteiger partial charge < -0.3 is 10.2 Å². The number of aryl methyl sites for hydroxylation is 1. The van der Waals surface area contributed by atoms with Crippen LogP contribution in [0.2, 0.25) is 0 Å². The van der Waals surface area contributed by atoms with E-state index < -0.39 is 0 Å². The van der Waals surface area contributed by atoms with Crippen LogP contribution in [0, 0.1) is 5.92 Å². The SMILES string of the molecule is CNC1CCCN(C(=O)CC2CCc3ccccc3C2)C1.Cl. The highest BCUT2D eigenvalue weighted by Crippen LogP contribution is 2.28. The van der Waals surface area contributed by atoms with Crippen LogP contribution in [0.25, 0.3) is 0 Å². The molecule has 1 aliphatic heterocycles. The van der Waals surface area contributed by atoms with E-state index in [1.807, 2.05) is 7.05 Å². The van der Waals surface area contributed by atoms with Crippen LogP contribution < -0.4 is 5.32 Å². The highest BCUT2D eigenvalue weighted by atomic mass is 35.5. The lowest BCUT2D eigenvalue weighted by molar-refractivity contribution is -0.133. The van der Waals surface area contributed by atoms with Crippen LogP contribution in [0.1, 0.15) is 36.8 Å². The lowest BCUT2D eigenvalue weighted by atomic mass is 9.82. The molecule has 1 aliphatic carbocycles. The molecule has 0 bridgehead atoms. The molecular weight excluding hydrogens is 296 g/mol. The second-order valence-electron chi connectivity index (χ2n) is 6.55. The zero-order valence-electron chi connectivity index (χ0n) is 13.4. The first-order chi connectivity index (χ1) is 10.3. The van der Waals surface area contributed by atoms with Crippen LogP contribution in [0.5, 0.6) is 0 Å². The fourth-order valence-electron chi connectivity index (χ4n) is 3.76. The van der Waals surface area contributed by atoms with E-state index in [1.54, 1.807) is 0 Å². The molecule has 1 heterocycles. The molecule has 22 heavy (non-hydrogen) atoms. The van der Waals surface area contributed by atoms with Crippen molar-refractivity contribution in [2.75, 3.05) is 20.1 Å². The van der Waals surface area contributed by atoms with Gasteiger partial charge in [0.25, 0.3) is 0 Å². The Bertz CT molecular complexity index is 506. The molecule has 1 aromatic carbocycles. The van der Waals surface area contributed by atoms with Crippen LogP contribution in [-0.2, 0) is 17.6 Å². The fourth-order valence-corrected chi connectivity index (χ4v) is 3.76. The van der Waals surface area contributed by atoms with Crippen LogP contribution in [0.3, 0.4) is 0 Å². The van der Waals surface area contributed by atoms with Crippen molar-refractivity contribution in [2.45, 2.75) is 44.6 Å². The number of hydrogen-bond donors (Lipinski definition) is 1. The van der Waals surface area contributed by atoms with Crippen molar-refractivity contribution >= 4 is 18.3 Å². The average Bonchev–Trinajstić information content (AvgIpc) is 2.54. The Kier molecular flexibility index (Phi) is 6.27. The molecule has 1 amide bonds. The van der Waals surface area contributed by atoms with Gasteiger partial charge in [-0.15, -0.1) is 12.4 Å². The van der Waals surface area contributed by atoms with Gasteiger partial charge in [0.1, 0.15) is 0 Å². The number of benzene rings is 1. The molecule has 3 nitrogen and oxygen atoms in total. The molecule has 2 atom stereocenters. The minimum Gasteiger partial charge on any atom is -0.341 e. The highest BCUT2D eigenvalue weighted by molar-refractivity contribution is 5.85. The van der Waals surface area contributed by atoms with Crippen LogP contribution in [0.15, 0.2) is 24.3 Å². The summed E-state index contributed by atoms with van der Waals surface area (Å²) < 4.78 is 0. The number of hydrogen-bond acceptors (Lipinski definition) is 2. The van der Waals surface area contributed by atoms with Gasteiger partial charge in [0.05, 0.1) is 0 Å². The Balaban J connectivity index is 0.00000176. The molecule has 2 aliphatic rings. The second-order valence-corrected chi connectivity index (χ2v) is 6.55. The Morgan fingerprint density at radius 3 is 2.82 bits per heavy atom. The molecule has 1 N–H and O–H groups in total. The molecule has 1 aromatic rings. The van der Waals surface area contributed by atoms with Crippen LogP contribution in [0.4, 0.5) is 0 Å². The highest BCUT2D eigenvalue weighted by Gasteiger charge is 2.26. The van der Waals surface area contributed by atoms with E-state index in [9.17, 15) is 4.79 Å². The van der Waals surface area contributed by atoms with E-state index in [1.165, 1.54) is 17.5 Å². The standard InChI is InChI=1S/C18H26N2O.ClH/c1-19-17-7-4-10-20(13-17)18(21)12-14-8-9-15-5-2-3-6-16(15)11-14;/h2-3,5-6,14,17,19H,4,7-13H2,1H3;1H. The van der Waals surface area contributed by atoms with E-state index in [-0.39, 0.29) is 12.4 Å². The first kappa shape index (κ1) is 17.3. The lowest BCUT2D eigenvalue weighted by Gasteiger charge is -2.34. The van der Waals surface area contributed by atoms with Crippen molar-refractivity contribution < 1.29 is 4.79 Å². The van der Waals surface area contributed by atoms with Crippen LogP contribution >= 0.6 is 12.4 Å². The Labute approximate surface area is 139 Å². The molecular formula is C18H27ClN2O. The predicted molar refractivity (Wildman–Crippen MR) is 92.5 cm³/mol. The third kappa shape index (κ3) is 4.02. The molecule has 2 unspecified atom stereocenters. The number of rotatable bonds is 3. The number of fused-ring (bicyclic) bond motifs is 1. The largest absolute Gasteiger partial charge is 0.341 e. The molecule has 3 rings (SSSR count). The summed E-state index contributed by atoms with van der Waals surface area (Å²) >= 11 is 0. The third-order valence-corrected chi connectivity index (χ3v) is 5.09. The summed E-state index contributed by atoms with van der Waals surface area (Å²) in [5.41, 5.74) is 2.93. The number of likely N-dealkylation sites (tertiary alicyclic amines) is 1. The molecule has 0 radical (unpaired) electrons. The molecule has 1 fully saturated rings. The van der Waals surface area contributed by atoms with E-state index in [4.69, 9.17) is 0 Å². The first-order valence-electron chi connectivity index (χ1n) is 8.28. The number of amides is 1. The first-order valence-corrected chi connectivity index (χ1v) is 8.28. The zero-order chi connectivity index (χ0) is 14.7. The van der Waals surface area contributed by atoms with Crippen LogP contribution in [-0.4, -0.2) is 37.0 Å². The summed E-state index contributed by atoms with van der Waals surface area (Å²) in [6, 6.07) is 9.18. The van der Waals surface area contributed by atoms with Crippen molar-refractivity contribution in [3.8, 4) is 0 Å². The number of nitrogens with zero attached hydrogens (tertiary/aromatic N) is 1. The number of carbonyl (C=O) groups is 1. The Morgan fingerprint density at radius 2 is 2.05 bits per heavy atom. The van der Waals surface area contributed by atoms with Crippen molar-refractivity contribution in [2.24, 2.45) is 5.92 Å². The van der Waals surface area contributed by atoms with Gasteiger partial charge in [-0.2, -0.15) is 0 Å². The maximum Gasteiger partial charge on any atom is 0.222 e. The Morgan fingerprint density at radius 1 is 1.27 bits per heavy atom. The average molecular weight is 323 g/mol. The zero-order valence-corrected chi connectivity index (χ0v) is 14.2. The topological polar surface area (TPSA) is 32.3 Å². The quantitative estimate of drug-likeness (QED) is 0.928. The summed E-state index contributed by atoms with van der Waals surface area (Å²) in [6.07, 6.45) is 6.41. The summed E-state index contributed by atoms with van der Waals surface area (Å²) in [5.74, 6) is 0.890. The maximum atomic E-state index is 12.5. The minimum absolute atomic E-state index is 0. The number of piperidine rings is 1. The van der Waals surface area contributed by atoms with E-state index in [0.717, 1.165) is 45.2 Å². The van der Waals surface area contributed by atoms with E-state index in [2.05, 4.69) is 34.5 Å². The van der Waals surface area contributed by atoms with Gasteiger partial charge >= 0.3 is 0 Å². The van der Waals surface area contributed by atoms with Gasteiger partial charge in [-0.25, -0.2) is 0 Å². The number of likely N-dealkylation sites (N-methyl/N-ethyl adjacent to an activating group) is 1. The van der Waals surface area contributed by atoms with Crippen molar-refractivity contribution in [3.05, 3.63) is 35.4 Å². The summed E-state index contributed by atoms with van der Waals surface area (Å²) in [6.45, 7) is 1.83. The van der Waals surface area contributed by atoms with Crippen molar-refractivity contribution in [1.82, 2.24) is 10.2 Å². The van der Waals surface area contributed by atoms with Crippen molar-refractivity contribution in [3.63, 3.8) is 0 Å². The second kappa shape index (κ2) is 7.98. The third-order valence-electron chi connectivity index (χ3n) is 5.09. The van der Waals surface area contributed by atoms with Gasteiger partial charge in [0, 0.05) is 25.6 Å². The van der Waals surface area contributed by atoms with E-state index >= 15 is 0 Å². The molecule has 1 saturated heterocycles. The fraction of sp³-hybridized carbons (Fsp3) is 0.611. The molecule has 0 spiro atoms. The van der Waals surface area contributed by atoms with E-state index in [0.29, 0.717) is 17.9 Å². The van der Waals surface area contributed by atoms with Gasteiger partial charge in [-0.05, 0) is 56.2 Å². The minimum atomic E-state index is 0. The maximum absolute atomic E-state index is 12.5. The molecule has 122 valence electrons. The van der Waals surface area contributed by atoms with Gasteiger partial charge in [-0.3, -0.25) is 4.79 Å². The number of nitrogens with one attached hydrogen (secondary N) is 1. The lowest BCUT2D eigenvalue weighted by Crippen LogP contribution is -2.47. The normalized spacial score (nSPS) is 24.3. The predicted octanol–water partition coefficient (Wildman–Crippen LogP) is 2.81. The molecule has 0 aromatic heterocycles. The van der Waals surface area contributed by atoms with Gasteiger partial charge in [0.15, 0.2) is 0 Å². The van der Waals surface area contributed by atoms with Crippen molar-refractivity contribution in [1.29, 1.82) is 0 Å². The summed E-state index contributed by atoms with van der Waals surface area (Å²) in [7, 11) is 2.00. The Hall–Kier alpha value is -1.06. The van der Waals surface area contributed by atoms with Gasteiger partial charge in [-0.1, -0.05) is 24.3 Å². The smallest absolute Gasteiger partial charge is 0.222 e. The van der Waals surface area contributed by atoms with Gasteiger partial charge in [0.2, 0.25) is 5.91 Å². The summed E-state index contributed by atoms with van der Waals surface area (Å²) in [4.78, 5) is 14.6. The summed E-state index contributed by atoms with van der Waals surface area (Å²) in [5, 5.41) is 3.31. The monoisotopic (exact) mass is 322 g/mol. The molecule has 0 saturated carbocycles. The number of carbonyl (C=O) groups excluding carboxylic acids is 1. The number of halogens is 1.